The van der Waals surface area contributed by atoms with Gasteiger partial charge in [-0.2, -0.15) is 0 Å². The van der Waals surface area contributed by atoms with E-state index in [2.05, 4.69) is 0 Å². The molecule has 96 valence electrons. The van der Waals surface area contributed by atoms with Crippen molar-refractivity contribution in [3.63, 3.8) is 0 Å². The predicted octanol–water partition coefficient (Wildman–Crippen LogP) is 1.89. The van der Waals surface area contributed by atoms with Crippen molar-refractivity contribution in [3.8, 4) is 0 Å². The molecule has 1 saturated heterocycles. The summed E-state index contributed by atoms with van der Waals surface area (Å²) < 4.78 is 10.0. The van der Waals surface area contributed by atoms with Gasteiger partial charge in [-0.15, -0.1) is 0 Å². The SMILES string of the molecule is COC(=O)[C@H]1C(=O)OC(C)(C)[C@H]1c1ccccc1. The zero-order chi connectivity index (χ0) is 13.3. The molecule has 1 fully saturated rings. The van der Waals surface area contributed by atoms with Crippen molar-refractivity contribution < 1.29 is 19.1 Å². The van der Waals surface area contributed by atoms with E-state index in [0.717, 1.165) is 5.56 Å². The molecule has 0 bridgehead atoms. The van der Waals surface area contributed by atoms with Crippen molar-refractivity contribution in [2.45, 2.75) is 25.4 Å². The highest BCUT2D eigenvalue weighted by Crippen LogP contribution is 2.44. The molecule has 0 spiro atoms. The molecule has 1 aromatic carbocycles. The van der Waals surface area contributed by atoms with Crippen LogP contribution in [0.1, 0.15) is 25.3 Å². The number of carbonyl (C=O) groups excluding carboxylic acids is 2. The molecule has 0 aliphatic carbocycles. The Balaban J connectivity index is 2.45. The number of carbonyl (C=O) groups is 2. The second-order valence-corrected chi connectivity index (χ2v) is 4.91. The van der Waals surface area contributed by atoms with Crippen LogP contribution in [0.4, 0.5) is 0 Å². The molecule has 1 heterocycles. The van der Waals surface area contributed by atoms with Crippen molar-refractivity contribution in [1.29, 1.82) is 0 Å². The maximum Gasteiger partial charge on any atom is 0.321 e. The van der Waals surface area contributed by atoms with Gasteiger partial charge in [0.2, 0.25) is 0 Å². The minimum atomic E-state index is -0.882. The van der Waals surface area contributed by atoms with Crippen LogP contribution in [0.15, 0.2) is 30.3 Å². The van der Waals surface area contributed by atoms with Crippen LogP contribution in [0.25, 0.3) is 0 Å². The maximum absolute atomic E-state index is 11.9. The van der Waals surface area contributed by atoms with E-state index in [-0.39, 0.29) is 5.92 Å². The summed E-state index contributed by atoms with van der Waals surface area (Å²) in [6.07, 6.45) is 0. The normalized spacial score (nSPS) is 25.6. The smallest absolute Gasteiger partial charge is 0.321 e. The number of methoxy groups -OCH3 is 1. The van der Waals surface area contributed by atoms with Gasteiger partial charge in [-0.3, -0.25) is 9.59 Å². The summed E-state index contributed by atoms with van der Waals surface area (Å²) in [7, 11) is 1.28. The molecule has 0 aromatic heterocycles. The summed E-state index contributed by atoms with van der Waals surface area (Å²) >= 11 is 0. The zero-order valence-corrected chi connectivity index (χ0v) is 10.7. The molecule has 0 saturated carbocycles. The van der Waals surface area contributed by atoms with Crippen LogP contribution in [0.2, 0.25) is 0 Å². The molecule has 1 aliphatic heterocycles. The van der Waals surface area contributed by atoms with Crippen molar-refractivity contribution in [1.82, 2.24) is 0 Å². The zero-order valence-electron chi connectivity index (χ0n) is 10.7. The fourth-order valence-corrected chi connectivity index (χ4v) is 2.54. The number of hydrogen-bond acceptors (Lipinski definition) is 4. The predicted molar refractivity (Wildman–Crippen MR) is 64.9 cm³/mol. The van der Waals surface area contributed by atoms with Gasteiger partial charge in [-0.05, 0) is 19.4 Å². The van der Waals surface area contributed by atoms with Crippen molar-refractivity contribution in [2.24, 2.45) is 5.92 Å². The summed E-state index contributed by atoms with van der Waals surface area (Å²) in [6.45, 7) is 3.62. The van der Waals surface area contributed by atoms with Crippen LogP contribution < -0.4 is 0 Å². The van der Waals surface area contributed by atoms with Gasteiger partial charge in [0.05, 0.1) is 7.11 Å². The van der Waals surface area contributed by atoms with Crippen LogP contribution in [0, 0.1) is 5.92 Å². The molecule has 2 atom stereocenters. The largest absolute Gasteiger partial charge is 0.468 e. The second-order valence-electron chi connectivity index (χ2n) is 4.91. The monoisotopic (exact) mass is 248 g/mol. The van der Waals surface area contributed by atoms with Gasteiger partial charge in [-0.1, -0.05) is 30.3 Å². The first-order valence-corrected chi connectivity index (χ1v) is 5.83. The van der Waals surface area contributed by atoms with Crippen molar-refractivity contribution in [3.05, 3.63) is 35.9 Å². The van der Waals surface area contributed by atoms with E-state index in [1.807, 2.05) is 44.2 Å². The van der Waals surface area contributed by atoms with Gasteiger partial charge < -0.3 is 9.47 Å². The lowest BCUT2D eigenvalue weighted by Gasteiger charge is -2.26. The highest BCUT2D eigenvalue weighted by atomic mass is 16.6. The summed E-state index contributed by atoms with van der Waals surface area (Å²) in [5, 5.41) is 0. The lowest BCUT2D eigenvalue weighted by Crippen LogP contribution is -2.31. The first-order valence-electron chi connectivity index (χ1n) is 5.83. The van der Waals surface area contributed by atoms with Gasteiger partial charge >= 0.3 is 11.9 Å². The third kappa shape index (κ3) is 1.98. The van der Waals surface area contributed by atoms with Crippen LogP contribution >= 0.6 is 0 Å². The number of benzene rings is 1. The topological polar surface area (TPSA) is 52.6 Å². The van der Waals surface area contributed by atoms with E-state index in [9.17, 15) is 9.59 Å². The second kappa shape index (κ2) is 4.44. The Morgan fingerprint density at radius 2 is 1.89 bits per heavy atom. The first-order chi connectivity index (χ1) is 8.47. The molecule has 0 N–H and O–H groups in total. The minimum Gasteiger partial charge on any atom is -0.468 e. The number of ether oxygens (including phenoxy) is 2. The van der Waals surface area contributed by atoms with Crippen molar-refractivity contribution in [2.75, 3.05) is 7.11 Å². The van der Waals surface area contributed by atoms with Gasteiger partial charge in [0.25, 0.3) is 0 Å². The van der Waals surface area contributed by atoms with E-state index < -0.39 is 23.5 Å². The lowest BCUT2D eigenvalue weighted by molar-refractivity contribution is -0.156. The third-order valence-corrected chi connectivity index (χ3v) is 3.31. The molecule has 0 amide bonds. The standard InChI is InChI=1S/C14H16O4/c1-14(2)11(9-7-5-4-6-8-9)10(12(15)17-3)13(16)18-14/h4-8,10-11H,1-3H3/t10-,11-/m0/s1. The van der Waals surface area contributed by atoms with Crippen molar-refractivity contribution >= 4 is 11.9 Å². The highest BCUT2D eigenvalue weighted by Gasteiger charge is 2.54. The number of hydrogen-bond donors (Lipinski definition) is 0. The number of cyclic esters (lactones) is 1. The highest BCUT2D eigenvalue weighted by molar-refractivity contribution is 5.98. The Bertz CT molecular complexity index is 464. The number of esters is 2. The molecule has 0 unspecified atom stereocenters. The van der Waals surface area contributed by atoms with E-state index in [0.29, 0.717) is 0 Å². The molecular weight excluding hydrogens is 232 g/mol. The Hall–Kier alpha value is -1.84. The summed E-state index contributed by atoms with van der Waals surface area (Å²) in [5.74, 6) is -2.26. The Morgan fingerprint density at radius 3 is 2.44 bits per heavy atom. The molecular formula is C14H16O4. The molecule has 4 heteroatoms. The molecule has 2 rings (SSSR count). The maximum atomic E-state index is 11.9. The van der Waals surface area contributed by atoms with E-state index in [4.69, 9.17) is 9.47 Å². The average molecular weight is 248 g/mol. The van der Waals surface area contributed by atoms with Gasteiger partial charge in [0.15, 0.2) is 5.92 Å². The van der Waals surface area contributed by atoms with Gasteiger partial charge in [0, 0.05) is 5.92 Å². The molecule has 1 aliphatic rings. The third-order valence-electron chi connectivity index (χ3n) is 3.31. The Morgan fingerprint density at radius 1 is 1.28 bits per heavy atom. The molecule has 0 radical (unpaired) electrons. The van der Waals surface area contributed by atoms with E-state index in [1.54, 1.807) is 0 Å². The molecule has 1 aromatic rings. The average Bonchev–Trinajstić information content (AvgIpc) is 2.58. The van der Waals surface area contributed by atoms with Gasteiger partial charge in [0.1, 0.15) is 5.60 Å². The van der Waals surface area contributed by atoms with E-state index >= 15 is 0 Å². The van der Waals surface area contributed by atoms with Crippen LogP contribution in [0.5, 0.6) is 0 Å². The van der Waals surface area contributed by atoms with Crippen LogP contribution in [0.3, 0.4) is 0 Å². The first kappa shape index (κ1) is 12.6. The van der Waals surface area contributed by atoms with Gasteiger partial charge in [-0.25, -0.2) is 0 Å². The molecule has 18 heavy (non-hydrogen) atoms. The van der Waals surface area contributed by atoms with Crippen LogP contribution in [-0.2, 0) is 19.1 Å². The molecule has 4 nitrogen and oxygen atoms in total. The summed E-state index contributed by atoms with van der Waals surface area (Å²) in [5.41, 5.74) is 0.195. The minimum absolute atomic E-state index is 0.321. The van der Waals surface area contributed by atoms with Crippen LogP contribution in [-0.4, -0.2) is 24.6 Å². The summed E-state index contributed by atoms with van der Waals surface area (Å²) in [6, 6.07) is 9.43. The summed E-state index contributed by atoms with van der Waals surface area (Å²) in [4.78, 5) is 23.6. The Labute approximate surface area is 106 Å². The van der Waals surface area contributed by atoms with E-state index in [1.165, 1.54) is 7.11 Å². The Kier molecular flexibility index (Phi) is 3.11. The fourth-order valence-electron chi connectivity index (χ4n) is 2.54. The quantitative estimate of drug-likeness (QED) is 0.592. The number of rotatable bonds is 2. The fraction of sp³-hybridized carbons (Fsp3) is 0.429. The lowest BCUT2D eigenvalue weighted by atomic mass is 9.78.